The maximum Gasteiger partial charge on any atom is 1.00 e. The third-order valence-corrected chi connectivity index (χ3v) is 5.24. The van der Waals surface area contributed by atoms with Crippen LogP contribution in [0.1, 0.15) is 24.6 Å². The summed E-state index contributed by atoms with van der Waals surface area (Å²) >= 11 is 0. The van der Waals surface area contributed by atoms with Crippen LogP contribution in [0.5, 0.6) is 0 Å². The van der Waals surface area contributed by atoms with Gasteiger partial charge in [-0.05, 0) is 25.3 Å². The minimum absolute atomic E-state index is 0. The number of hydrogen-bond acceptors (Lipinski definition) is 6. The van der Waals surface area contributed by atoms with E-state index in [-0.39, 0.29) is 47.2 Å². The minimum Gasteiger partial charge on any atom is -0.543 e. The molecule has 3 atom stereocenters. The van der Waals surface area contributed by atoms with Crippen molar-refractivity contribution in [3.63, 3.8) is 0 Å². The molecular weight excluding hydrogens is 371 g/mol. The second-order valence-electron chi connectivity index (χ2n) is 6.96. The molecule has 9 heteroatoms. The second kappa shape index (κ2) is 8.16. The van der Waals surface area contributed by atoms with Gasteiger partial charge >= 0.3 is 29.6 Å². The molecule has 140 valence electrons. The SMILES string of the molecule is C[C@@H](O)[C@H]1C(=O)N2C(C(=O)[O-])=C(c3cn(CCc4ccccc4)nn3)C[C@H]12.[Na+]. The van der Waals surface area contributed by atoms with Crippen molar-refractivity contribution in [3.8, 4) is 0 Å². The third kappa shape index (κ3) is 3.53. The van der Waals surface area contributed by atoms with Gasteiger partial charge in [-0.15, -0.1) is 5.10 Å². The monoisotopic (exact) mass is 390 g/mol. The van der Waals surface area contributed by atoms with Gasteiger partial charge in [0.25, 0.3) is 0 Å². The van der Waals surface area contributed by atoms with Crippen molar-refractivity contribution in [3.05, 3.63) is 53.5 Å². The zero-order valence-electron chi connectivity index (χ0n) is 15.8. The molecule has 2 aromatic rings. The van der Waals surface area contributed by atoms with Crippen molar-refractivity contribution in [1.82, 2.24) is 19.9 Å². The number of nitrogens with zero attached hydrogens (tertiary/aromatic N) is 4. The second-order valence-corrected chi connectivity index (χ2v) is 6.96. The van der Waals surface area contributed by atoms with Gasteiger partial charge in [-0.1, -0.05) is 35.5 Å². The Morgan fingerprint density at radius 2 is 2.07 bits per heavy atom. The molecule has 1 aromatic carbocycles. The van der Waals surface area contributed by atoms with Crippen LogP contribution in [0.2, 0.25) is 0 Å². The predicted octanol–water partition coefficient (Wildman–Crippen LogP) is -3.40. The van der Waals surface area contributed by atoms with E-state index in [0.29, 0.717) is 24.2 Å². The molecule has 3 heterocycles. The van der Waals surface area contributed by atoms with Crippen LogP contribution in [0.4, 0.5) is 0 Å². The summed E-state index contributed by atoms with van der Waals surface area (Å²) in [6.45, 7) is 2.14. The molecule has 8 nitrogen and oxygen atoms in total. The van der Waals surface area contributed by atoms with E-state index in [1.807, 2.05) is 30.3 Å². The molecule has 0 radical (unpaired) electrons. The smallest absolute Gasteiger partial charge is 0.543 e. The van der Waals surface area contributed by atoms with E-state index >= 15 is 0 Å². The molecule has 1 aromatic heterocycles. The van der Waals surface area contributed by atoms with E-state index in [1.165, 1.54) is 17.4 Å². The molecule has 2 aliphatic heterocycles. The summed E-state index contributed by atoms with van der Waals surface area (Å²) in [5.41, 5.74) is 1.87. The van der Waals surface area contributed by atoms with Gasteiger partial charge in [-0.2, -0.15) is 0 Å². The summed E-state index contributed by atoms with van der Waals surface area (Å²) in [5, 5.41) is 29.6. The first kappa shape index (κ1) is 20.7. The predicted molar refractivity (Wildman–Crippen MR) is 92.5 cm³/mol. The number of carboxylic acids is 1. The van der Waals surface area contributed by atoms with Gasteiger partial charge in [0, 0.05) is 12.1 Å². The zero-order chi connectivity index (χ0) is 19.1. The van der Waals surface area contributed by atoms with Crippen molar-refractivity contribution < 1.29 is 49.4 Å². The number of aromatic nitrogens is 3. The number of rotatable bonds is 6. The fraction of sp³-hybridized carbons (Fsp3) is 0.368. The number of fused-ring (bicyclic) bond motifs is 1. The quantitative estimate of drug-likeness (QED) is 0.407. The normalized spacial score (nSPS) is 21.8. The van der Waals surface area contributed by atoms with Gasteiger partial charge in [-0.25, -0.2) is 0 Å². The number of carbonyl (C=O) groups is 2. The number of carboxylic acid groups (broad SMARTS) is 1. The van der Waals surface area contributed by atoms with Crippen LogP contribution < -0.4 is 34.7 Å². The van der Waals surface area contributed by atoms with Crippen LogP contribution >= 0.6 is 0 Å². The Kier molecular flexibility index (Phi) is 6.04. The summed E-state index contributed by atoms with van der Waals surface area (Å²) in [4.78, 5) is 25.1. The molecule has 28 heavy (non-hydrogen) atoms. The maximum atomic E-state index is 12.2. The average Bonchev–Trinajstić information content (AvgIpc) is 3.23. The van der Waals surface area contributed by atoms with Crippen LogP contribution in [0.25, 0.3) is 5.57 Å². The summed E-state index contributed by atoms with van der Waals surface area (Å²) in [6, 6.07) is 9.58. The van der Waals surface area contributed by atoms with Gasteiger partial charge in [-0.3, -0.25) is 9.48 Å². The Labute approximate surface area is 184 Å². The molecule has 1 N–H and O–H groups in total. The fourth-order valence-electron chi connectivity index (χ4n) is 3.92. The first-order valence-electron chi connectivity index (χ1n) is 8.87. The largest absolute Gasteiger partial charge is 1.00 e. The van der Waals surface area contributed by atoms with Crippen LogP contribution in [0.15, 0.2) is 42.2 Å². The van der Waals surface area contributed by atoms with Crippen LogP contribution in [0.3, 0.4) is 0 Å². The fourth-order valence-corrected chi connectivity index (χ4v) is 3.92. The first-order valence-corrected chi connectivity index (χ1v) is 8.87. The topological polar surface area (TPSA) is 111 Å². The van der Waals surface area contributed by atoms with Crippen LogP contribution in [0, 0.1) is 5.92 Å². The molecule has 1 fully saturated rings. The molecule has 4 rings (SSSR count). The van der Waals surface area contributed by atoms with Crippen molar-refractivity contribution in [1.29, 1.82) is 0 Å². The molecule has 0 unspecified atom stereocenters. The van der Waals surface area contributed by atoms with Crippen LogP contribution in [-0.2, 0) is 22.6 Å². The summed E-state index contributed by atoms with van der Waals surface area (Å²) in [7, 11) is 0. The molecule has 2 aliphatic rings. The number of benzene rings is 1. The Bertz CT molecular complexity index is 925. The summed E-state index contributed by atoms with van der Waals surface area (Å²) in [6.07, 6.45) is 1.95. The van der Waals surface area contributed by atoms with Gasteiger partial charge in [0.1, 0.15) is 5.69 Å². The number of β-lactam (4-membered cyclic amide) rings is 1. The number of aliphatic hydroxyl groups is 1. The molecule has 1 amide bonds. The van der Waals surface area contributed by atoms with Gasteiger partial charge in [0.05, 0.1) is 35.9 Å². The van der Waals surface area contributed by atoms with E-state index in [1.54, 1.807) is 10.9 Å². The molecule has 0 spiro atoms. The Hall–Kier alpha value is -2.00. The number of aliphatic hydroxyl groups excluding tert-OH is 1. The average molecular weight is 390 g/mol. The Morgan fingerprint density at radius 3 is 2.71 bits per heavy atom. The molecule has 0 saturated carbocycles. The molecule has 0 aliphatic carbocycles. The van der Waals surface area contributed by atoms with E-state index < -0.39 is 18.0 Å². The number of carbonyl (C=O) groups excluding carboxylic acids is 2. The number of amides is 1. The standard InChI is InChI=1S/C19H20N4O4.Na/c1-11(24)16-15-9-13(17(19(26)27)23(15)18(16)25)14-10-22(21-20-14)8-7-12-5-3-2-4-6-12;/h2-6,10-11,15-16,24H,7-9H2,1H3,(H,26,27);/q;+1/p-1/t11-,15-,16-;/m1./s1. The Balaban J connectivity index is 0.00000225. The number of hydrogen-bond donors (Lipinski definition) is 1. The third-order valence-electron chi connectivity index (χ3n) is 5.24. The van der Waals surface area contributed by atoms with E-state index in [9.17, 15) is 19.8 Å². The zero-order valence-corrected chi connectivity index (χ0v) is 17.8. The van der Waals surface area contributed by atoms with Gasteiger partial charge < -0.3 is 19.9 Å². The van der Waals surface area contributed by atoms with E-state index in [4.69, 9.17) is 0 Å². The Morgan fingerprint density at radius 1 is 1.36 bits per heavy atom. The van der Waals surface area contributed by atoms with Crippen molar-refractivity contribution in [2.24, 2.45) is 5.92 Å². The first-order chi connectivity index (χ1) is 13.0. The van der Waals surface area contributed by atoms with Crippen molar-refractivity contribution in [2.45, 2.75) is 38.5 Å². The van der Waals surface area contributed by atoms with Crippen LogP contribution in [-0.4, -0.2) is 49.0 Å². The number of aryl methyl sites for hydroxylation is 2. The number of aliphatic carboxylic acids is 1. The molecular formula is C19H19N4NaO4. The van der Waals surface area contributed by atoms with E-state index in [2.05, 4.69) is 10.3 Å². The summed E-state index contributed by atoms with van der Waals surface area (Å²) < 4.78 is 1.66. The van der Waals surface area contributed by atoms with Crippen molar-refractivity contribution in [2.75, 3.05) is 0 Å². The van der Waals surface area contributed by atoms with Crippen molar-refractivity contribution >= 4 is 17.4 Å². The summed E-state index contributed by atoms with van der Waals surface area (Å²) in [5.74, 6) is -2.39. The van der Waals surface area contributed by atoms with Gasteiger partial charge in [0.2, 0.25) is 5.91 Å². The molecule has 0 bridgehead atoms. The van der Waals surface area contributed by atoms with Gasteiger partial charge in [0.15, 0.2) is 0 Å². The molecule has 1 saturated heterocycles. The maximum absolute atomic E-state index is 12.2. The van der Waals surface area contributed by atoms with E-state index in [0.717, 1.165) is 6.42 Å². The minimum atomic E-state index is -1.41.